The van der Waals surface area contributed by atoms with Crippen LogP contribution in [0.15, 0.2) is 48.5 Å². The molecule has 2 aromatic carbocycles. The monoisotopic (exact) mass is 411 g/mol. The molecule has 2 amide bonds. The van der Waals surface area contributed by atoms with Crippen molar-refractivity contribution in [2.45, 2.75) is 38.8 Å². The Hall–Kier alpha value is -3.06. The Balaban J connectivity index is 1.44. The number of hydrogen-bond acceptors (Lipinski definition) is 5. The lowest BCUT2D eigenvalue weighted by molar-refractivity contribution is -0.114. The number of carbonyl (C=O) groups is 2. The summed E-state index contributed by atoms with van der Waals surface area (Å²) in [5, 5.41) is 8.73. The lowest BCUT2D eigenvalue weighted by atomic mass is 10.1. The first-order valence-electron chi connectivity index (χ1n) is 10.3. The van der Waals surface area contributed by atoms with Crippen LogP contribution in [0, 0.1) is 0 Å². The number of amides is 2. The van der Waals surface area contributed by atoms with Crippen molar-refractivity contribution in [1.82, 2.24) is 5.32 Å². The highest BCUT2D eigenvalue weighted by atomic mass is 16.5. The van der Waals surface area contributed by atoms with Gasteiger partial charge in [0.15, 0.2) is 0 Å². The summed E-state index contributed by atoms with van der Waals surface area (Å²) in [6.45, 7) is 5.26. The van der Waals surface area contributed by atoms with Gasteiger partial charge in [-0.25, -0.2) is 0 Å². The minimum atomic E-state index is -0.181. The van der Waals surface area contributed by atoms with Gasteiger partial charge in [0.1, 0.15) is 12.4 Å². The fourth-order valence-electron chi connectivity index (χ4n) is 3.10. The Morgan fingerprint density at radius 3 is 2.63 bits per heavy atom. The Labute approximate surface area is 177 Å². The summed E-state index contributed by atoms with van der Waals surface area (Å²) in [6, 6.07) is 14.4. The van der Waals surface area contributed by atoms with E-state index >= 15 is 0 Å². The van der Waals surface area contributed by atoms with Crippen LogP contribution < -0.4 is 20.7 Å². The maximum absolute atomic E-state index is 12.2. The van der Waals surface area contributed by atoms with Gasteiger partial charge in [-0.3, -0.25) is 9.59 Å². The smallest absolute Gasteiger partial charge is 0.251 e. The molecular formula is C23H29N3O4. The van der Waals surface area contributed by atoms with Crippen molar-refractivity contribution in [3.05, 3.63) is 54.1 Å². The molecule has 0 radical (unpaired) electrons. The summed E-state index contributed by atoms with van der Waals surface area (Å²) < 4.78 is 11.3. The zero-order valence-corrected chi connectivity index (χ0v) is 17.4. The lowest BCUT2D eigenvalue weighted by Crippen LogP contribution is -2.30. The van der Waals surface area contributed by atoms with Crippen LogP contribution in [0.5, 0.6) is 5.75 Å². The topological polar surface area (TPSA) is 88.7 Å². The van der Waals surface area contributed by atoms with Crippen molar-refractivity contribution < 1.29 is 19.1 Å². The van der Waals surface area contributed by atoms with E-state index in [1.807, 2.05) is 32.0 Å². The largest absolute Gasteiger partial charge is 0.491 e. The molecule has 3 rings (SSSR count). The molecule has 3 N–H and O–H groups in total. The molecule has 0 aromatic heterocycles. The summed E-state index contributed by atoms with van der Waals surface area (Å²) in [4.78, 5) is 24.3. The highest BCUT2D eigenvalue weighted by Gasteiger charge is 2.16. The fourth-order valence-corrected chi connectivity index (χ4v) is 3.10. The average Bonchev–Trinajstić information content (AvgIpc) is 3.25. The normalized spacial score (nSPS) is 15.6. The molecule has 0 spiro atoms. The summed E-state index contributed by atoms with van der Waals surface area (Å²) >= 11 is 0. The van der Waals surface area contributed by atoms with E-state index in [-0.39, 0.29) is 30.5 Å². The molecule has 160 valence electrons. The van der Waals surface area contributed by atoms with Gasteiger partial charge < -0.3 is 25.4 Å². The minimum absolute atomic E-state index is 0.0627. The highest BCUT2D eigenvalue weighted by Crippen LogP contribution is 2.18. The number of benzene rings is 2. The molecular weight excluding hydrogens is 382 g/mol. The standard InChI is InChI=1S/C23H29N3O4/c1-16(2)25-23(28)17-5-3-6-19(13-17)24-14-22(27)26-18-8-10-20(11-9-18)30-15-21-7-4-12-29-21/h3,5-6,8-11,13,16,21,24H,4,7,12,14-15H2,1-2H3,(H,25,28)(H,26,27). The summed E-state index contributed by atoms with van der Waals surface area (Å²) in [7, 11) is 0. The maximum Gasteiger partial charge on any atom is 0.251 e. The molecule has 1 aliphatic rings. The quantitative estimate of drug-likeness (QED) is 0.588. The van der Waals surface area contributed by atoms with Gasteiger partial charge in [0, 0.05) is 29.6 Å². The molecule has 1 heterocycles. The molecule has 0 bridgehead atoms. The molecule has 30 heavy (non-hydrogen) atoms. The van der Waals surface area contributed by atoms with Crippen LogP contribution in [-0.4, -0.2) is 43.7 Å². The predicted octanol–water partition coefficient (Wildman–Crippen LogP) is 3.43. The van der Waals surface area contributed by atoms with Gasteiger partial charge in [0.05, 0.1) is 12.6 Å². The highest BCUT2D eigenvalue weighted by molar-refractivity contribution is 5.96. The third-order valence-electron chi connectivity index (χ3n) is 4.60. The zero-order chi connectivity index (χ0) is 21.3. The molecule has 1 aliphatic heterocycles. The van der Waals surface area contributed by atoms with Crippen molar-refractivity contribution in [3.8, 4) is 5.75 Å². The molecule has 7 nitrogen and oxygen atoms in total. The number of rotatable bonds is 9. The SMILES string of the molecule is CC(C)NC(=O)c1cccc(NCC(=O)Nc2ccc(OCC3CCCO3)cc2)c1. The van der Waals surface area contributed by atoms with Gasteiger partial charge in [-0.05, 0) is 69.2 Å². The molecule has 0 aliphatic carbocycles. The van der Waals surface area contributed by atoms with Gasteiger partial charge in [-0.1, -0.05) is 6.07 Å². The molecule has 7 heteroatoms. The van der Waals surface area contributed by atoms with E-state index in [1.165, 1.54) is 0 Å². The van der Waals surface area contributed by atoms with Crippen molar-refractivity contribution in [2.24, 2.45) is 0 Å². The average molecular weight is 412 g/mol. The lowest BCUT2D eigenvalue weighted by Gasteiger charge is -2.12. The van der Waals surface area contributed by atoms with Gasteiger partial charge in [-0.2, -0.15) is 0 Å². The first-order chi connectivity index (χ1) is 14.5. The Kier molecular flexibility index (Phi) is 7.68. The van der Waals surface area contributed by atoms with Crippen LogP contribution in [0.3, 0.4) is 0 Å². The van der Waals surface area contributed by atoms with Gasteiger partial charge in [0.25, 0.3) is 5.91 Å². The van der Waals surface area contributed by atoms with Gasteiger partial charge >= 0.3 is 0 Å². The van der Waals surface area contributed by atoms with E-state index in [0.717, 1.165) is 25.2 Å². The van der Waals surface area contributed by atoms with Crippen LogP contribution in [0.25, 0.3) is 0 Å². The van der Waals surface area contributed by atoms with Crippen LogP contribution in [0.4, 0.5) is 11.4 Å². The first kappa shape index (κ1) is 21.6. The number of hydrogen-bond donors (Lipinski definition) is 3. The predicted molar refractivity (Wildman–Crippen MR) is 117 cm³/mol. The molecule has 0 saturated carbocycles. The van der Waals surface area contributed by atoms with E-state index < -0.39 is 0 Å². The van der Waals surface area contributed by atoms with E-state index in [9.17, 15) is 9.59 Å². The van der Waals surface area contributed by atoms with Crippen molar-refractivity contribution in [3.63, 3.8) is 0 Å². The first-order valence-corrected chi connectivity index (χ1v) is 10.3. The minimum Gasteiger partial charge on any atom is -0.491 e. The number of ether oxygens (including phenoxy) is 2. The number of carbonyl (C=O) groups excluding carboxylic acids is 2. The van der Waals surface area contributed by atoms with Crippen LogP contribution in [-0.2, 0) is 9.53 Å². The molecule has 1 unspecified atom stereocenters. The molecule has 2 aromatic rings. The van der Waals surface area contributed by atoms with E-state index in [4.69, 9.17) is 9.47 Å². The van der Waals surface area contributed by atoms with Gasteiger partial charge in [-0.15, -0.1) is 0 Å². The maximum atomic E-state index is 12.2. The molecule has 1 atom stereocenters. The third-order valence-corrected chi connectivity index (χ3v) is 4.60. The second-order valence-electron chi connectivity index (χ2n) is 7.58. The van der Waals surface area contributed by atoms with Crippen molar-refractivity contribution >= 4 is 23.2 Å². The summed E-state index contributed by atoms with van der Waals surface area (Å²) in [6.07, 6.45) is 2.29. The molecule has 1 fully saturated rings. The fraction of sp³-hybridized carbons (Fsp3) is 0.391. The summed E-state index contributed by atoms with van der Waals surface area (Å²) in [5.41, 5.74) is 1.95. The van der Waals surface area contributed by atoms with Gasteiger partial charge in [0.2, 0.25) is 5.91 Å². The second-order valence-corrected chi connectivity index (χ2v) is 7.58. The zero-order valence-electron chi connectivity index (χ0n) is 17.4. The van der Waals surface area contributed by atoms with E-state index in [2.05, 4.69) is 16.0 Å². The third kappa shape index (κ3) is 6.77. The Morgan fingerprint density at radius 2 is 1.93 bits per heavy atom. The molecule has 1 saturated heterocycles. The van der Waals surface area contributed by atoms with E-state index in [0.29, 0.717) is 23.5 Å². The van der Waals surface area contributed by atoms with Crippen molar-refractivity contribution in [1.29, 1.82) is 0 Å². The Bertz CT molecular complexity index is 846. The Morgan fingerprint density at radius 1 is 1.13 bits per heavy atom. The van der Waals surface area contributed by atoms with Crippen LogP contribution in [0.2, 0.25) is 0 Å². The number of nitrogens with one attached hydrogen (secondary N) is 3. The number of anilines is 2. The van der Waals surface area contributed by atoms with Crippen molar-refractivity contribution in [2.75, 3.05) is 30.4 Å². The van der Waals surface area contributed by atoms with E-state index in [1.54, 1.807) is 30.3 Å². The van der Waals surface area contributed by atoms with Crippen LogP contribution >= 0.6 is 0 Å². The summed E-state index contributed by atoms with van der Waals surface area (Å²) in [5.74, 6) is 0.429. The second kappa shape index (κ2) is 10.6. The van der Waals surface area contributed by atoms with Crippen LogP contribution in [0.1, 0.15) is 37.0 Å².